The summed E-state index contributed by atoms with van der Waals surface area (Å²) in [6, 6.07) is 12.9. The average Bonchev–Trinajstić information content (AvgIpc) is 2.68. The molecule has 0 radical (unpaired) electrons. The molecule has 0 atom stereocenters. The van der Waals surface area contributed by atoms with Gasteiger partial charge < -0.3 is 9.47 Å². The molecular formula is C20H21ClN2O3. The van der Waals surface area contributed by atoms with E-state index in [1.54, 1.807) is 36.9 Å². The second-order valence-electron chi connectivity index (χ2n) is 5.95. The van der Waals surface area contributed by atoms with Gasteiger partial charge in [0.15, 0.2) is 0 Å². The molecule has 2 aromatic carbocycles. The van der Waals surface area contributed by atoms with Crippen LogP contribution in [-0.2, 0) is 7.05 Å². The molecule has 3 aromatic rings. The molecular weight excluding hydrogens is 352 g/mol. The van der Waals surface area contributed by atoms with Crippen molar-refractivity contribution in [3.8, 4) is 22.9 Å². The average molecular weight is 373 g/mol. The van der Waals surface area contributed by atoms with Crippen molar-refractivity contribution in [3.05, 3.63) is 52.8 Å². The first-order chi connectivity index (χ1) is 12.6. The van der Waals surface area contributed by atoms with Gasteiger partial charge in [-0.05, 0) is 55.3 Å². The number of aromatic nitrogens is 2. The number of alkyl halides is 1. The maximum Gasteiger partial charge on any atom is 0.261 e. The zero-order chi connectivity index (χ0) is 18.5. The van der Waals surface area contributed by atoms with Gasteiger partial charge in [0.05, 0.1) is 24.6 Å². The zero-order valence-electron chi connectivity index (χ0n) is 14.9. The Labute approximate surface area is 157 Å². The lowest BCUT2D eigenvalue weighted by Crippen LogP contribution is -2.20. The summed E-state index contributed by atoms with van der Waals surface area (Å²) in [5.41, 5.74) is 1.39. The van der Waals surface area contributed by atoms with Crippen LogP contribution in [0.15, 0.2) is 47.3 Å². The van der Waals surface area contributed by atoms with Crippen molar-refractivity contribution < 1.29 is 9.47 Å². The maximum atomic E-state index is 12.7. The van der Waals surface area contributed by atoms with Gasteiger partial charge >= 0.3 is 0 Å². The Morgan fingerprint density at radius 3 is 2.50 bits per heavy atom. The second kappa shape index (κ2) is 8.23. The first-order valence-corrected chi connectivity index (χ1v) is 9.01. The van der Waals surface area contributed by atoms with Crippen molar-refractivity contribution in [2.75, 3.05) is 19.6 Å². The molecule has 1 aromatic heterocycles. The van der Waals surface area contributed by atoms with E-state index in [0.717, 1.165) is 24.2 Å². The summed E-state index contributed by atoms with van der Waals surface area (Å²) in [5, 5.41) is 0.537. The molecule has 0 spiro atoms. The lowest BCUT2D eigenvalue weighted by molar-refractivity contribution is 0.310. The van der Waals surface area contributed by atoms with Gasteiger partial charge in [-0.2, -0.15) is 0 Å². The van der Waals surface area contributed by atoms with Crippen molar-refractivity contribution in [2.45, 2.75) is 12.8 Å². The number of unbranched alkanes of at least 4 members (excludes halogenated alkanes) is 1. The standard InChI is InChI=1S/C20H21ClN2O3/c1-23-19(14-5-7-15(8-6-14)26-12-4-3-11-21)22-18-10-9-16(25-2)13-17(18)20(23)24/h5-10,13H,3-4,11-12H2,1-2H3. The van der Waals surface area contributed by atoms with Crippen LogP contribution in [0, 0.1) is 0 Å². The third kappa shape index (κ3) is 3.83. The first-order valence-electron chi connectivity index (χ1n) is 8.48. The summed E-state index contributed by atoms with van der Waals surface area (Å²) in [6.07, 6.45) is 1.86. The second-order valence-corrected chi connectivity index (χ2v) is 6.33. The van der Waals surface area contributed by atoms with E-state index < -0.39 is 0 Å². The van der Waals surface area contributed by atoms with Crippen molar-refractivity contribution in [1.82, 2.24) is 9.55 Å². The van der Waals surface area contributed by atoms with Crippen LogP contribution >= 0.6 is 11.6 Å². The van der Waals surface area contributed by atoms with Gasteiger partial charge in [0.25, 0.3) is 5.56 Å². The van der Waals surface area contributed by atoms with Crippen molar-refractivity contribution >= 4 is 22.5 Å². The molecule has 6 heteroatoms. The molecule has 0 aliphatic rings. The van der Waals surface area contributed by atoms with Crippen LogP contribution in [0.5, 0.6) is 11.5 Å². The lowest BCUT2D eigenvalue weighted by atomic mass is 10.1. The summed E-state index contributed by atoms with van der Waals surface area (Å²) in [6.45, 7) is 0.639. The number of methoxy groups -OCH3 is 1. The number of benzene rings is 2. The first kappa shape index (κ1) is 18.3. The Hall–Kier alpha value is -2.53. The van der Waals surface area contributed by atoms with Gasteiger partial charge in [-0.25, -0.2) is 4.98 Å². The number of nitrogens with zero attached hydrogens (tertiary/aromatic N) is 2. The number of ether oxygens (including phenoxy) is 2. The molecule has 0 bridgehead atoms. The fraction of sp³-hybridized carbons (Fsp3) is 0.300. The van der Waals surface area contributed by atoms with Crippen molar-refractivity contribution in [2.24, 2.45) is 7.05 Å². The van der Waals surface area contributed by atoms with Crippen LogP contribution in [0.4, 0.5) is 0 Å². The van der Waals surface area contributed by atoms with Gasteiger partial charge in [-0.3, -0.25) is 9.36 Å². The van der Waals surface area contributed by atoms with Crippen molar-refractivity contribution in [1.29, 1.82) is 0 Å². The number of rotatable bonds is 7. The minimum atomic E-state index is -0.106. The molecule has 136 valence electrons. The van der Waals surface area contributed by atoms with E-state index in [1.165, 1.54) is 0 Å². The number of halogens is 1. The Morgan fingerprint density at radius 2 is 1.81 bits per heavy atom. The SMILES string of the molecule is COc1ccc2nc(-c3ccc(OCCCCCl)cc3)n(C)c(=O)c2c1. The zero-order valence-corrected chi connectivity index (χ0v) is 15.6. The summed E-state index contributed by atoms with van der Waals surface area (Å²) < 4.78 is 12.4. The Kier molecular flexibility index (Phi) is 5.78. The Balaban J connectivity index is 1.90. The molecule has 0 amide bonds. The predicted octanol–water partition coefficient (Wildman–Crippen LogP) is 4.01. The van der Waals surface area contributed by atoms with Crippen LogP contribution in [-0.4, -0.2) is 29.1 Å². The van der Waals surface area contributed by atoms with Gasteiger partial charge in [-0.1, -0.05) is 0 Å². The third-order valence-electron chi connectivity index (χ3n) is 4.19. The molecule has 0 N–H and O–H groups in total. The molecule has 0 saturated carbocycles. The van der Waals surface area contributed by atoms with Crippen molar-refractivity contribution in [3.63, 3.8) is 0 Å². The van der Waals surface area contributed by atoms with E-state index >= 15 is 0 Å². The van der Waals surface area contributed by atoms with Crippen LogP contribution in [0.2, 0.25) is 0 Å². The summed E-state index contributed by atoms with van der Waals surface area (Å²) in [5.74, 6) is 2.69. The van der Waals surface area contributed by atoms with E-state index in [0.29, 0.717) is 35.0 Å². The molecule has 0 saturated heterocycles. The predicted molar refractivity (Wildman–Crippen MR) is 104 cm³/mol. The highest BCUT2D eigenvalue weighted by Crippen LogP contribution is 2.23. The maximum absolute atomic E-state index is 12.7. The molecule has 3 rings (SSSR count). The number of hydrogen-bond donors (Lipinski definition) is 0. The molecule has 0 unspecified atom stereocenters. The summed E-state index contributed by atoms with van der Waals surface area (Å²) in [7, 11) is 3.30. The van der Waals surface area contributed by atoms with Crippen LogP contribution < -0.4 is 15.0 Å². The Morgan fingerprint density at radius 1 is 1.08 bits per heavy atom. The minimum absolute atomic E-state index is 0.106. The largest absolute Gasteiger partial charge is 0.497 e. The Bertz CT molecular complexity index is 952. The minimum Gasteiger partial charge on any atom is -0.497 e. The van der Waals surface area contributed by atoms with E-state index in [-0.39, 0.29) is 5.56 Å². The van der Waals surface area contributed by atoms with E-state index in [4.69, 9.17) is 21.1 Å². The molecule has 5 nitrogen and oxygen atoms in total. The molecule has 1 heterocycles. The topological polar surface area (TPSA) is 53.4 Å². The van der Waals surface area contributed by atoms with Crippen LogP contribution in [0.3, 0.4) is 0 Å². The van der Waals surface area contributed by atoms with Gasteiger partial charge in [0.2, 0.25) is 0 Å². The molecule has 26 heavy (non-hydrogen) atoms. The number of fused-ring (bicyclic) bond motifs is 1. The quantitative estimate of drug-likeness (QED) is 0.464. The molecule has 0 fully saturated rings. The highest BCUT2D eigenvalue weighted by Gasteiger charge is 2.11. The van der Waals surface area contributed by atoms with E-state index in [9.17, 15) is 4.79 Å². The summed E-state index contributed by atoms with van der Waals surface area (Å²) >= 11 is 5.66. The van der Waals surface area contributed by atoms with E-state index in [1.807, 2.05) is 24.3 Å². The fourth-order valence-electron chi connectivity index (χ4n) is 2.72. The highest BCUT2D eigenvalue weighted by atomic mass is 35.5. The van der Waals surface area contributed by atoms with Crippen LogP contribution in [0.25, 0.3) is 22.3 Å². The highest BCUT2D eigenvalue weighted by molar-refractivity contribution is 6.17. The van der Waals surface area contributed by atoms with Crippen LogP contribution in [0.1, 0.15) is 12.8 Å². The number of hydrogen-bond acceptors (Lipinski definition) is 4. The smallest absolute Gasteiger partial charge is 0.261 e. The third-order valence-corrected chi connectivity index (χ3v) is 4.46. The van der Waals surface area contributed by atoms with Gasteiger partial charge in [0, 0.05) is 18.5 Å². The molecule has 0 aliphatic heterocycles. The van der Waals surface area contributed by atoms with Gasteiger partial charge in [0.1, 0.15) is 17.3 Å². The monoisotopic (exact) mass is 372 g/mol. The lowest BCUT2D eigenvalue weighted by Gasteiger charge is -2.11. The molecule has 0 aliphatic carbocycles. The van der Waals surface area contributed by atoms with E-state index in [2.05, 4.69) is 4.98 Å². The van der Waals surface area contributed by atoms with Gasteiger partial charge in [-0.15, -0.1) is 11.6 Å². The normalized spacial score (nSPS) is 10.9. The fourth-order valence-corrected chi connectivity index (χ4v) is 2.91. The summed E-state index contributed by atoms with van der Waals surface area (Å²) in [4.78, 5) is 17.3.